The van der Waals surface area contributed by atoms with Crippen LogP contribution in [0.15, 0.2) is 72.8 Å². The summed E-state index contributed by atoms with van der Waals surface area (Å²) < 4.78 is 10.6. The van der Waals surface area contributed by atoms with Crippen molar-refractivity contribution in [3.63, 3.8) is 0 Å². The Kier molecular flexibility index (Phi) is 9.05. The molecule has 3 aromatic carbocycles. The van der Waals surface area contributed by atoms with Crippen molar-refractivity contribution in [1.29, 1.82) is 0 Å². The zero-order valence-corrected chi connectivity index (χ0v) is 19.4. The molecular weight excluding hydrogens is 456 g/mol. The molecule has 0 radical (unpaired) electrons. The van der Waals surface area contributed by atoms with Gasteiger partial charge in [0.15, 0.2) is 0 Å². The fourth-order valence-electron chi connectivity index (χ4n) is 3.11. The van der Waals surface area contributed by atoms with Gasteiger partial charge in [0.05, 0.1) is 11.6 Å². The summed E-state index contributed by atoms with van der Waals surface area (Å²) >= 11 is 6.04. The molecule has 0 atom stereocenters. The first-order chi connectivity index (χ1) is 16.4. The van der Waals surface area contributed by atoms with Crippen LogP contribution in [-0.4, -0.2) is 24.4 Å². The summed E-state index contributed by atoms with van der Waals surface area (Å²) in [6, 6.07) is 20.8. The molecule has 0 bridgehead atoms. The monoisotopic (exact) mass is 480 g/mol. The topological polar surface area (TPSA) is 93.7 Å². The van der Waals surface area contributed by atoms with Gasteiger partial charge >= 0.3 is 5.97 Å². The van der Waals surface area contributed by atoms with Gasteiger partial charge in [-0.25, -0.2) is 0 Å². The molecule has 2 amide bonds. The number of carbonyl (C=O) groups is 3. The molecule has 0 fully saturated rings. The van der Waals surface area contributed by atoms with Gasteiger partial charge in [0.25, 0.3) is 5.91 Å². The fraction of sp³-hybridized carbons (Fsp3) is 0.192. The summed E-state index contributed by atoms with van der Waals surface area (Å²) in [5, 5.41) is 6.21. The predicted octanol–water partition coefficient (Wildman–Crippen LogP) is 4.99. The Hall–Kier alpha value is -3.84. The third-order valence-electron chi connectivity index (χ3n) is 4.66. The second kappa shape index (κ2) is 12.4. The Morgan fingerprint density at radius 3 is 2.53 bits per heavy atom. The average Bonchev–Trinajstić information content (AvgIpc) is 2.81. The van der Waals surface area contributed by atoms with E-state index in [4.69, 9.17) is 21.1 Å². The van der Waals surface area contributed by atoms with Crippen LogP contribution in [0, 0.1) is 0 Å². The fourth-order valence-corrected chi connectivity index (χ4v) is 3.30. The van der Waals surface area contributed by atoms with Crippen molar-refractivity contribution >= 4 is 35.1 Å². The number of amides is 2. The van der Waals surface area contributed by atoms with Crippen LogP contribution < -0.4 is 20.1 Å². The molecule has 0 saturated heterocycles. The molecular formula is C26H25ClN2O5. The third-order valence-corrected chi connectivity index (χ3v) is 4.98. The molecule has 0 aliphatic heterocycles. The standard InChI is InChI=1S/C26H25ClN2O5/c1-18(30)34-22-10-5-8-20(16-22)26(32)28-17-19-7-4-9-21(15-19)29-25(31)13-6-14-33-24-12-3-2-11-23(24)27/h2-5,7-12,15-16H,6,13-14,17H2,1H3,(H,28,32)(H,29,31). The third kappa shape index (κ3) is 7.94. The number of benzene rings is 3. The maximum Gasteiger partial charge on any atom is 0.308 e. The molecule has 0 aliphatic carbocycles. The molecule has 3 rings (SSSR count). The van der Waals surface area contributed by atoms with E-state index in [1.165, 1.54) is 13.0 Å². The van der Waals surface area contributed by atoms with Gasteiger partial charge < -0.3 is 20.1 Å². The maximum absolute atomic E-state index is 12.4. The Morgan fingerprint density at radius 1 is 0.941 bits per heavy atom. The van der Waals surface area contributed by atoms with E-state index in [0.717, 1.165) is 5.56 Å². The number of nitrogens with one attached hydrogen (secondary N) is 2. The molecule has 0 heterocycles. The number of carbonyl (C=O) groups excluding carboxylic acids is 3. The van der Waals surface area contributed by atoms with Crippen LogP contribution in [-0.2, 0) is 16.1 Å². The number of esters is 1. The van der Waals surface area contributed by atoms with E-state index >= 15 is 0 Å². The highest BCUT2D eigenvalue weighted by atomic mass is 35.5. The highest BCUT2D eigenvalue weighted by Crippen LogP contribution is 2.23. The molecule has 0 aromatic heterocycles. The van der Waals surface area contributed by atoms with E-state index in [-0.39, 0.29) is 18.4 Å². The van der Waals surface area contributed by atoms with Crippen LogP contribution in [0.25, 0.3) is 0 Å². The minimum Gasteiger partial charge on any atom is -0.492 e. The molecule has 0 spiro atoms. The number of hydrogen-bond donors (Lipinski definition) is 2. The van der Waals surface area contributed by atoms with Gasteiger partial charge in [-0.3, -0.25) is 14.4 Å². The van der Waals surface area contributed by atoms with Crippen LogP contribution in [0.1, 0.15) is 35.7 Å². The van der Waals surface area contributed by atoms with Crippen molar-refractivity contribution in [2.45, 2.75) is 26.3 Å². The van der Waals surface area contributed by atoms with Gasteiger partial charge in [0.1, 0.15) is 11.5 Å². The van der Waals surface area contributed by atoms with E-state index in [1.807, 2.05) is 18.2 Å². The molecule has 176 valence electrons. The first-order valence-corrected chi connectivity index (χ1v) is 11.1. The lowest BCUT2D eigenvalue weighted by molar-refractivity contribution is -0.131. The number of ether oxygens (including phenoxy) is 2. The maximum atomic E-state index is 12.4. The lowest BCUT2D eigenvalue weighted by atomic mass is 10.1. The Morgan fingerprint density at radius 2 is 1.74 bits per heavy atom. The highest BCUT2D eigenvalue weighted by molar-refractivity contribution is 6.32. The first kappa shape index (κ1) is 24.8. The zero-order valence-electron chi connectivity index (χ0n) is 18.7. The van der Waals surface area contributed by atoms with Crippen LogP contribution in [0.2, 0.25) is 5.02 Å². The summed E-state index contributed by atoms with van der Waals surface area (Å²) in [7, 11) is 0. The minimum atomic E-state index is -0.454. The predicted molar refractivity (Wildman–Crippen MR) is 130 cm³/mol. The minimum absolute atomic E-state index is 0.133. The summed E-state index contributed by atoms with van der Waals surface area (Å²) in [5.74, 6) is 0.0114. The van der Waals surface area contributed by atoms with Gasteiger partial charge in [0, 0.05) is 31.1 Å². The molecule has 2 N–H and O–H groups in total. The number of para-hydroxylation sites is 1. The normalized spacial score (nSPS) is 10.3. The summed E-state index contributed by atoms with van der Waals surface area (Å²) in [5.41, 5.74) is 1.84. The number of rotatable bonds is 10. The van der Waals surface area contributed by atoms with Gasteiger partial charge in [-0.05, 0) is 54.4 Å². The molecule has 8 heteroatoms. The van der Waals surface area contributed by atoms with E-state index < -0.39 is 5.97 Å². The molecule has 0 aliphatic rings. The van der Waals surface area contributed by atoms with Crippen LogP contribution in [0.5, 0.6) is 11.5 Å². The number of hydrogen-bond acceptors (Lipinski definition) is 5. The van der Waals surface area contributed by atoms with Gasteiger partial charge in [-0.15, -0.1) is 0 Å². The van der Waals surface area contributed by atoms with E-state index in [1.54, 1.807) is 48.5 Å². The number of anilines is 1. The quantitative estimate of drug-likeness (QED) is 0.242. The van der Waals surface area contributed by atoms with E-state index in [9.17, 15) is 14.4 Å². The highest BCUT2D eigenvalue weighted by Gasteiger charge is 2.09. The SMILES string of the molecule is CC(=O)Oc1cccc(C(=O)NCc2cccc(NC(=O)CCCOc3ccccc3Cl)c2)c1. The second-order valence-electron chi connectivity index (χ2n) is 7.44. The van der Waals surface area contributed by atoms with Crippen molar-refractivity contribution in [2.75, 3.05) is 11.9 Å². The summed E-state index contributed by atoms with van der Waals surface area (Å²) in [6.07, 6.45) is 0.837. The van der Waals surface area contributed by atoms with Gasteiger partial charge in [0.2, 0.25) is 5.91 Å². The second-order valence-corrected chi connectivity index (χ2v) is 7.84. The summed E-state index contributed by atoms with van der Waals surface area (Å²) in [6.45, 7) is 1.95. The Balaban J connectivity index is 1.45. The number of halogens is 1. The van der Waals surface area contributed by atoms with Crippen LogP contribution in [0.3, 0.4) is 0 Å². The van der Waals surface area contributed by atoms with Crippen molar-refractivity contribution in [3.8, 4) is 11.5 Å². The van der Waals surface area contributed by atoms with Crippen LogP contribution >= 0.6 is 11.6 Å². The van der Waals surface area contributed by atoms with Crippen molar-refractivity contribution < 1.29 is 23.9 Å². The van der Waals surface area contributed by atoms with Crippen molar-refractivity contribution in [3.05, 3.63) is 88.9 Å². The Labute approximate surface area is 203 Å². The molecule has 0 unspecified atom stereocenters. The van der Waals surface area contributed by atoms with Crippen molar-refractivity contribution in [2.24, 2.45) is 0 Å². The zero-order chi connectivity index (χ0) is 24.3. The smallest absolute Gasteiger partial charge is 0.308 e. The van der Waals surface area contributed by atoms with E-state index in [2.05, 4.69) is 10.6 Å². The lowest BCUT2D eigenvalue weighted by Crippen LogP contribution is -2.23. The average molecular weight is 481 g/mol. The molecule has 0 saturated carbocycles. The van der Waals surface area contributed by atoms with Gasteiger partial charge in [-0.2, -0.15) is 0 Å². The molecule has 7 nitrogen and oxygen atoms in total. The Bertz CT molecular complexity index is 1170. The van der Waals surface area contributed by atoms with Crippen LogP contribution in [0.4, 0.5) is 5.69 Å². The largest absolute Gasteiger partial charge is 0.492 e. The molecule has 3 aromatic rings. The summed E-state index contributed by atoms with van der Waals surface area (Å²) in [4.78, 5) is 35.8. The van der Waals surface area contributed by atoms with Gasteiger partial charge in [-0.1, -0.05) is 41.9 Å². The molecule has 34 heavy (non-hydrogen) atoms. The lowest BCUT2D eigenvalue weighted by Gasteiger charge is -2.10. The van der Waals surface area contributed by atoms with Crippen molar-refractivity contribution in [1.82, 2.24) is 5.32 Å². The van der Waals surface area contributed by atoms with E-state index in [0.29, 0.717) is 47.2 Å². The first-order valence-electron chi connectivity index (χ1n) is 10.7.